The minimum atomic E-state index is 0. The topological polar surface area (TPSA) is 62.3 Å². The molecule has 0 radical (unpaired) electrons. The summed E-state index contributed by atoms with van der Waals surface area (Å²) < 4.78 is 12.4. The largest absolute Gasteiger partial charge is 0.383 e. The van der Waals surface area contributed by atoms with E-state index in [1.54, 1.807) is 7.11 Å². The van der Waals surface area contributed by atoms with Crippen molar-refractivity contribution in [1.29, 1.82) is 0 Å². The molecule has 2 N–H and O–H groups in total. The molecule has 1 aromatic heterocycles. The number of aromatic nitrogens is 2. The van der Waals surface area contributed by atoms with E-state index in [2.05, 4.69) is 5.10 Å². The van der Waals surface area contributed by atoms with Crippen LogP contribution in [-0.2, 0) is 16.0 Å². The monoisotopic (exact) mass is 283 g/mol. The Balaban J connectivity index is 0.00000128. The van der Waals surface area contributed by atoms with Crippen LogP contribution in [0.5, 0.6) is 0 Å². The molecule has 5 nitrogen and oxygen atoms in total. The van der Waals surface area contributed by atoms with Gasteiger partial charge in [0.15, 0.2) is 0 Å². The highest BCUT2D eigenvalue weighted by Gasteiger charge is 2.27. The van der Waals surface area contributed by atoms with Crippen LogP contribution < -0.4 is 5.73 Å². The first-order valence-corrected chi connectivity index (χ1v) is 5.19. The highest BCUT2D eigenvalue weighted by molar-refractivity contribution is 5.85. The fourth-order valence-electron chi connectivity index (χ4n) is 1.78. The van der Waals surface area contributed by atoms with Gasteiger partial charge in [0.05, 0.1) is 19.3 Å². The van der Waals surface area contributed by atoms with Gasteiger partial charge in [0.25, 0.3) is 0 Å². The molecular weight excluding hydrogens is 265 g/mol. The van der Waals surface area contributed by atoms with Gasteiger partial charge in [0.2, 0.25) is 0 Å². The number of hydrogen-bond donors (Lipinski definition) is 1. The summed E-state index contributed by atoms with van der Waals surface area (Å²) in [6, 6.07) is 0.102. The fraction of sp³-hybridized carbons (Fsp3) is 0.700. The second-order valence-electron chi connectivity index (χ2n) is 3.77. The van der Waals surface area contributed by atoms with Crippen molar-refractivity contribution in [2.75, 3.05) is 20.3 Å². The van der Waals surface area contributed by atoms with Crippen LogP contribution in [0.2, 0.25) is 0 Å². The molecular formula is C10H19Cl2N3O2. The van der Waals surface area contributed by atoms with Gasteiger partial charge < -0.3 is 15.2 Å². The normalized spacial score (nSPS) is 22.9. The van der Waals surface area contributed by atoms with Crippen molar-refractivity contribution in [2.45, 2.75) is 25.1 Å². The Hall–Kier alpha value is -0.330. The number of hydrogen-bond acceptors (Lipinski definition) is 4. The smallest absolute Gasteiger partial charge is 0.101 e. The highest BCUT2D eigenvalue weighted by atomic mass is 35.5. The standard InChI is InChI=1S/C10H17N3O2.2ClH/c1-14-5-3-13-7-8(6-12-13)10-9(11)2-4-15-10;;/h6-7,9-10H,2-5,11H2,1H3;2*1H. The molecule has 0 aromatic carbocycles. The predicted molar refractivity (Wildman–Crippen MR) is 69.9 cm³/mol. The van der Waals surface area contributed by atoms with Crippen molar-refractivity contribution >= 4 is 24.8 Å². The quantitative estimate of drug-likeness (QED) is 0.901. The summed E-state index contributed by atoms with van der Waals surface area (Å²) in [4.78, 5) is 0. The molecule has 2 atom stereocenters. The van der Waals surface area contributed by atoms with E-state index in [1.807, 2.05) is 17.1 Å². The van der Waals surface area contributed by atoms with E-state index in [-0.39, 0.29) is 37.0 Å². The van der Waals surface area contributed by atoms with E-state index in [0.29, 0.717) is 6.61 Å². The summed E-state index contributed by atoms with van der Waals surface area (Å²) in [6.07, 6.45) is 4.75. The molecule has 0 amide bonds. The van der Waals surface area contributed by atoms with Crippen LogP contribution in [0.15, 0.2) is 12.4 Å². The number of rotatable bonds is 4. The SMILES string of the molecule is COCCn1cc(C2OCCC2N)cn1.Cl.Cl. The van der Waals surface area contributed by atoms with Gasteiger partial charge in [-0.3, -0.25) is 4.68 Å². The fourth-order valence-corrected chi connectivity index (χ4v) is 1.78. The Morgan fingerprint density at radius 2 is 2.35 bits per heavy atom. The molecule has 7 heteroatoms. The van der Waals surface area contributed by atoms with E-state index in [9.17, 15) is 0 Å². The van der Waals surface area contributed by atoms with E-state index in [4.69, 9.17) is 15.2 Å². The summed E-state index contributed by atoms with van der Waals surface area (Å²) in [5.74, 6) is 0. The summed E-state index contributed by atoms with van der Waals surface area (Å²) in [6.45, 7) is 2.17. The summed E-state index contributed by atoms with van der Waals surface area (Å²) in [5.41, 5.74) is 7.00. The van der Waals surface area contributed by atoms with E-state index < -0.39 is 0 Å². The molecule has 1 aliphatic heterocycles. The van der Waals surface area contributed by atoms with E-state index >= 15 is 0 Å². The molecule has 1 saturated heterocycles. The maximum absolute atomic E-state index is 5.93. The van der Waals surface area contributed by atoms with Gasteiger partial charge in [-0.15, -0.1) is 24.8 Å². The van der Waals surface area contributed by atoms with E-state index in [0.717, 1.165) is 25.1 Å². The molecule has 17 heavy (non-hydrogen) atoms. The molecule has 2 heterocycles. The number of methoxy groups -OCH3 is 1. The zero-order chi connectivity index (χ0) is 10.7. The lowest BCUT2D eigenvalue weighted by Gasteiger charge is -2.11. The third kappa shape index (κ3) is 4.12. The molecule has 2 unspecified atom stereocenters. The van der Waals surface area contributed by atoms with Crippen molar-refractivity contribution in [2.24, 2.45) is 5.73 Å². The first-order valence-electron chi connectivity index (χ1n) is 5.19. The van der Waals surface area contributed by atoms with Gasteiger partial charge in [-0.2, -0.15) is 5.10 Å². The van der Waals surface area contributed by atoms with Gasteiger partial charge in [-0.25, -0.2) is 0 Å². The van der Waals surface area contributed by atoms with Crippen LogP contribution in [-0.4, -0.2) is 36.1 Å². The van der Waals surface area contributed by atoms with Crippen LogP contribution in [0.1, 0.15) is 18.1 Å². The Bertz CT molecular complexity index is 322. The molecule has 100 valence electrons. The highest BCUT2D eigenvalue weighted by Crippen LogP contribution is 2.26. The molecule has 2 rings (SSSR count). The Morgan fingerprint density at radius 3 is 2.94 bits per heavy atom. The van der Waals surface area contributed by atoms with Crippen LogP contribution in [0, 0.1) is 0 Å². The van der Waals surface area contributed by atoms with Gasteiger partial charge >= 0.3 is 0 Å². The van der Waals surface area contributed by atoms with Crippen LogP contribution in [0.4, 0.5) is 0 Å². The van der Waals surface area contributed by atoms with Crippen molar-refractivity contribution in [3.63, 3.8) is 0 Å². The first-order chi connectivity index (χ1) is 7.31. The zero-order valence-corrected chi connectivity index (χ0v) is 11.4. The third-order valence-electron chi connectivity index (χ3n) is 2.64. The van der Waals surface area contributed by atoms with Crippen molar-refractivity contribution in [3.05, 3.63) is 18.0 Å². The second kappa shape index (κ2) is 7.89. The van der Waals surface area contributed by atoms with Crippen molar-refractivity contribution in [1.82, 2.24) is 9.78 Å². The first kappa shape index (κ1) is 16.7. The molecule has 1 aliphatic rings. The number of halogens is 2. The average molecular weight is 284 g/mol. The summed E-state index contributed by atoms with van der Waals surface area (Å²) in [5, 5.41) is 4.23. The lowest BCUT2D eigenvalue weighted by Crippen LogP contribution is -2.23. The van der Waals surface area contributed by atoms with Crippen molar-refractivity contribution < 1.29 is 9.47 Å². The Morgan fingerprint density at radius 1 is 1.59 bits per heavy atom. The van der Waals surface area contributed by atoms with Gasteiger partial charge in [-0.05, 0) is 6.42 Å². The average Bonchev–Trinajstić information content (AvgIpc) is 2.83. The third-order valence-corrected chi connectivity index (χ3v) is 2.64. The molecule has 0 bridgehead atoms. The lowest BCUT2D eigenvalue weighted by atomic mass is 10.1. The lowest BCUT2D eigenvalue weighted by molar-refractivity contribution is 0.105. The zero-order valence-electron chi connectivity index (χ0n) is 9.74. The number of nitrogens with two attached hydrogens (primary N) is 1. The Labute approximate surface area is 113 Å². The van der Waals surface area contributed by atoms with Crippen LogP contribution in [0.25, 0.3) is 0 Å². The molecule has 0 saturated carbocycles. The van der Waals surface area contributed by atoms with Crippen LogP contribution in [0.3, 0.4) is 0 Å². The molecule has 0 aliphatic carbocycles. The minimum absolute atomic E-state index is 0. The second-order valence-corrected chi connectivity index (χ2v) is 3.77. The summed E-state index contributed by atoms with van der Waals surface area (Å²) >= 11 is 0. The molecule has 0 spiro atoms. The summed E-state index contributed by atoms with van der Waals surface area (Å²) in [7, 11) is 1.68. The maximum Gasteiger partial charge on any atom is 0.101 e. The van der Waals surface area contributed by atoms with Gasteiger partial charge in [0, 0.05) is 31.5 Å². The van der Waals surface area contributed by atoms with Crippen LogP contribution >= 0.6 is 24.8 Å². The van der Waals surface area contributed by atoms with Crippen molar-refractivity contribution in [3.8, 4) is 0 Å². The maximum atomic E-state index is 5.93. The predicted octanol–water partition coefficient (Wildman–Crippen LogP) is 1.16. The minimum Gasteiger partial charge on any atom is -0.383 e. The van der Waals surface area contributed by atoms with Gasteiger partial charge in [-0.1, -0.05) is 0 Å². The number of nitrogens with zero attached hydrogens (tertiary/aromatic N) is 2. The number of ether oxygens (including phenoxy) is 2. The molecule has 1 aromatic rings. The van der Waals surface area contributed by atoms with E-state index in [1.165, 1.54) is 0 Å². The molecule has 1 fully saturated rings. The van der Waals surface area contributed by atoms with Gasteiger partial charge in [0.1, 0.15) is 6.10 Å². The Kier molecular flexibility index (Phi) is 7.74.